The van der Waals surface area contributed by atoms with Gasteiger partial charge in [-0.05, 0) is 18.2 Å². The van der Waals surface area contributed by atoms with Gasteiger partial charge in [0, 0.05) is 5.56 Å². The van der Waals surface area contributed by atoms with E-state index in [1.165, 1.54) is 24.3 Å². The molecular formula is C12H9N3O6. The molecule has 2 aromatic rings. The zero-order chi connectivity index (χ0) is 15.6. The molecule has 0 spiro atoms. The van der Waals surface area contributed by atoms with Crippen molar-refractivity contribution in [3.63, 3.8) is 0 Å². The van der Waals surface area contributed by atoms with Gasteiger partial charge in [0.15, 0.2) is 11.5 Å². The molecule has 0 amide bonds. The van der Waals surface area contributed by atoms with Crippen molar-refractivity contribution < 1.29 is 15.1 Å². The number of rotatable bonds is 3. The topological polar surface area (TPSA) is 149 Å². The number of para-hydroxylation sites is 1. The Kier molecular flexibility index (Phi) is 3.57. The molecular weight excluding hydrogens is 282 g/mol. The van der Waals surface area contributed by atoms with Gasteiger partial charge in [0.1, 0.15) is 5.69 Å². The van der Waals surface area contributed by atoms with Gasteiger partial charge in [0.05, 0.1) is 4.92 Å². The third-order valence-electron chi connectivity index (χ3n) is 2.60. The average molecular weight is 291 g/mol. The first-order valence-electron chi connectivity index (χ1n) is 5.60. The van der Waals surface area contributed by atoms with Crippen molar-refractivity contribution in [1.82, 2.24) is 9.97 Å². The SMILES string of the molecule is O=c1[nH]c(/C=C/c2cccc(O)c2O)c([N+](=O)[O-])c(=O)[nH]1. The lowest BCUT2D eigenvalue weighted by Gasteiger charge is -2.01. The lowest BCUT2D eigenvalue weighted by Crippen LogP contribution is -2.25. The molecule has 0 aliphatic rings. The number of aromatic hydroxyl groups is 2. The summed E-state index contributed by atoms with van der Waals surface area (Å²) in [4.78, 5) is 36.3. The molecule has 9 nitrogen and oxygen atoms in total. The van der Waals surface area contributed by atoms with Crippen LogP contribution in [0.3, 0.4) is 0 Å². The average Bonchev–Trinajstić information content (AvgIpc) is 2.39. The lowest BCUT2D eigenvalue weighted by atomic mass is 10.1. The summed E-state index contributed by atoms with van der Waals surface area (Å²) in [5.74, 6) is -0.797. The number of hydrogen-bond acceptors (Lipinski definition) is 6. The molecule has 0 bridgehead atoms. The molecule has 2 rings (SSSR count). The second-order valence-electron chi connectivity index (χ2n) is 3.98. The second-order valence-corrected chi connectivity index (χ2v) is 3.98. The number of nitro groups is 1. The Balaban J connectivity index is 2.56. The van der Waals surface area contributed by atoms with E-state index in [-0.39, 0.29) is 17.0 Å². The van der Waals surface area contributed by atoms with E-state index in [1.54, 1.807) is 4.98 Å². The van der Waals surface area contributed by atoms with E-state index in [9.17, 15) is 29.9 Å². The van der Waals surface area contributed by atoms with Gasteiger partial charge in [0.25, 0.3) is 0 Å². The summed E-state index contributed by atoms with van der Waals surface area (Å²) in [6.07, 6.45) is 2.30. The van der Waals surface area contributed by atoms with Crippen molar-refractivity contribution in [3.8, 4) is 11.5 Å². The first kappa shape index (κ1) is 14.1. The van der Waals surface area contributed by atoms with E-state index < -0.39 is 27.6 Å². The fourth-order valence-electron chi connectivity index (χ4n) is 1.66. The summed E-state index contributed by atoms with van der Waals surface area (Å²) >= 11 is 0. The van der Waals surface area contributed by atoms with E-state index in [0.717, 1.165) is 6.08 Å². The van der Waals surface area contributed by atoms with E-state index in [4.69, 9.17) is 0 Å². The predicted molar refractivity (Wildman–Crippen MR) is 73.0 cm³/mol. The highest BCUT2D eigenvalue weighted by molar-refractivity contribution is 5.75. The van der Waals surface area contributed by atoms with Crippen LogP contribution in [0.4, 0.5) is 5.69 Å². The molecule has 0 atom stereocenters. The van der Waals surface area contributed by atoms with Crippen molar-refractivity contribution in [2.75, 3.05) is 0 Å². The zero-order valence-corrected chi connectivity index (χ0v) is 10.4. The van der Waals surface area contributed by atoms with Gasteiger partial charge in [-0.3, -0.25) is 19.9 Å². The van der Waals surface area contributed by atoms with Crippen LogP contribution in [-0.4, -0.2) is 25.1 Å². The maximum absolute atomic E-state index is 11.4. The minimum Gasteiger partial charge on any atom is -0.504 e. The second kappa shape index (κ2) is 5.33. The van der Waals surface area contributed by atoms with Crippen LogP contribution in [0.5, 0.6) is 11.5 Å². The summed E-state index contributed by atoms with van der Waals surface area (Å²) in [7, 11) is 0. The Morgan fingerprint density at radius 1 is 1.14 bits per heavy atom. The van der Waals surface area contributed by atoms with Crippen molar-refractivity contribution in [1.29, 1.82) is 0 Å². The standard InChI is InChI=1S/C12H9N3O6/c16-8-3-1-2-6(10(8)17)4-5-7-9(15(20)21)11(18)14-12(19)13-7/h1-5,16-17H,(H2,13,14,18,19)/b5-4+. The Hall–Kier alpha value is -3.36. The van der Waals surface area contributed by atoms with Crippen molar-refractivity contribution >= 4 is 17.8 Å². The van der Waals surface area contributed by atoms with Crippen LogP contribution < -0.4 is 11.2 Å². The summed E-state index contributed by atoms with van der Waals surface area (Å²) < 4.78 is 0. The van der Waals surface area contributed by atoms with E-state index in [2.05, 4.69) is 4.98 Å². The molecule has 1 aromatic heterocycles. The zero-order valence-electron chi connectivity index (χ0n) is 10.4. The van der Waals surface area contributed by atoms with Crippen LogP contribution in [0.25, 0.3) is 12.2 Å². The Morgan fingerprint density at radius 3 is 2.52 bits per heavy atom. The smallest absolute Gasteiger partial charge is 0.357 e. The summed E-state index contributed by atoms with van der Waals surface area (Å²) in [5, 5.41) is 29.7. The third kappa shape index (κ3) is 2.81. The van der Waals surface area contributed by atoms with Crippen molar-refractivity contribution in [3.05, 3.63) is 60.4 Å². The number of aromatic amines is 2. The molecule has 21 heavy (non-hydrogen) atoms. The van der Waals surface area contributed by atoms with Crippen LogP contribution >= 0.6 is 0 Å². The number of benzene rings is 1. The number of phenolic OH excluding ortho intramolecular Hbond substituents is 2. The molecule has 0 radical (unpaired) electrons. The minimum atomic E-state index is -1.14. The van der Waals surface area contributed by atoms with Crippen LogP contribution in [0.1, 0.15) is 11.3 Å². The van der Waals surface area contributed by atoms with Crippen LogP contribution in [0.15, 0.2) is 27.8 Å². The highest BCUT2D eigenvalue weighted by Gasteiger charge is 2.18. The van der Waals surface area contributed by atoms with Gasteiger partial charge < -0.3 is 15.2 Å². The van der Waals surface area contributed by atoms with Gasteiger partial charge in [-0.2, -0.15) is 0 Å². The molecule has 0 unspecified atom stereocenters. The monoisotopic (exact) mass is 291 g/mol. The van der Waals surface area contributed by atoms with Gasteiger partial charge in [-0.25, -0.2) is 4.79 Å². The van der Waals surface area contributed by atoms with Gasteiger partial charge in [-0.15, -0.1) is 0 Å². The molecule has 1 heterocycles. The number of nitrogens with zero attached hydrogens (tertiary/aromatic N) is 1. The minimum absolute atomic E-state index is 0.158. The van der Waals surface area contributed by atoms with Crippen molar-refractivity contribution in [2.24, 2.45) is 0 Å². The number of hydrogen-bond donors (Lipinski definition) is 4. The predicted octanol–water partition coefficient (Wildman–Crippen LogP) is 0.553. The van der Waals surface area contributed by atoms with E-state index >= 15 is 0 Å². The Bertz CT molecular complexity index is 849. The molecule has 108 valence electrons. The Labute approximate surface area is 116 Å². The van der Waals surface area contributed by atoms with Gasteiger partial charge in [-0.1, -0.05) is 12.1 Å². The fourth-order valence-corrected chi connectivity index (χ4v) is 1.66. The summed E-state index contributed by atoms with van der Waals surface area (Å²) in [6.45, 7) is 0. The first-order valence-corrected chi connectivity index (χ1v) is 5.60. The lowest BCUT2D eigenvalue weighted by molar-refractivity contribution is -0.386. The molecule has 1 aromatic carbocycles. The number of nitrogens with one attached hydrogen (secondary N) is 2. The molecule has 0 aliphatic carbocycles. The summed E-state index contributed by atoms with van der Waals surface area (Å²) in [6, 6.07) is 4.14. The van der Waals surface area contributed by atoms with E-state index in [0.29, 0.717) is 0 Å². The maximum Gasteiger partial charge on any atom is 0.357 e. The molecule has 0 fully saturated rings. The summed E-state index contributed by atoms with van der Waals surface area (Å²) in [5.41, 5.74) is -3.03. The largest absolute Gasteiger partial charge is 0.504 e. The molecule has 9 heteroatoms. The highest BCUT2D eigenvalue weighted by Crippen LogP contribution is 2.29. The van der Waals surface area contributed by atoms with Crippen LogP contribution in [0.2, 0.25) is 0 Å². The third-order valence-corrected chi connectivity index (χ3v) is 2.60. The van der Waals surface area contributed by atoms with Crippen molar-refractivity contribution in [2.45, 2.75) is 0 Å². The number of aromatic nitrogens is 2. The molecule has 4 N–H and O–H groups in total. The van der Waals surface area contributed by atoms with Crippen LogP contribution in [0, 0.1) is 10.1 Å². The highest BCUT2D eigenvalue weighted by atomic mass is 16.6. The fraction of sp³-hybridized carbons (Fsp3) is 0. The molecule has 0 aliphatic heterocycles. The number of H-pyrrole nitrogens is 2. The van der Waals surface area contributed by atoms with Gasteiger partial charge >= 0.3 is 16.9 Å². The Morgan fingerprint density at radius 2 is 1.86 bits per heavy atom. The molecule has 0 saturated carbocycles. The van der Waals surface area contributed by atoms with E-state index in [1.807, 2.05) is 0 Å². The van der Waals surface area contributed by atoms with Crippen LogP contribution in [-0.2, 0) is 0 Å². The quantitative estimate of drug-likeness (QED) is 0.368. The molecule has 0 saturated heterocycles. The maximum atomic E-state index is 11.4. The van der Waals surface area contributed by atoms with Gasteiger partial charge in [0.2, 0.25) is 0 Å². The number of phenols is 2. The normalized spacial score (nSPS) is 10.9. The first-order chi connectivity index (χ1) is 9.90.